The predicted octanol–water partition coefficient (Wildman–Crippen LogP) is 0.883. The fourth-order valence-electron chi connectivity index (χ4n) is 3.62. The first-order valence-electron chi connectivity index (χ1n) is 10.9. The van der Waals surface area contributed by atoms with Gasteiger partial charge in [-0.15, -0.1) is 28.2 Å². The van der Waals surface area contributed by atoms with Crippen molar-refractivity contribution in [1.82, 2.24) is 24.8 Å². The van der Waals surface area contributed by atoms with E-state index in [1.807, 2.05) is 6.92 Å². The molecule has 4 N–H and O–H groups in total. The van der Waals surface area contributed by atoms with Gasteiger partial charge in [0.25, 0.3) is 11.8 Å². The van der Waals surface area contributed by atoms with Gasteiger partial charge in [0.2, 0.25) is 6.29 Å². The van der Waals surface area contributed by atoms with Crippen LogP contribution in [0.1, 0.15) is 30.1 Å². The van der Waals surface area contributed by atoms with Gasteiger partial charge in [-0.05, 0) is 30.1 Å². The Morgan fingerprint density at radius 3 is 2.71 bits per heavy atom. The molecule has 2 unspecified atom stereocenters. The Bertz CT molecular complexity index is 1380. The van der Waals surface area contributed by atoms with Crippen LogP contribution in [-0.2, 0) is 28.7 Å². The molecule has 1 fully saturated rings. The zero-order valence-electron chi connectivity index (χ0n) is 20.1. The van der Waals surface area contributed by atoms with E-state index in [4.69, 9.17) is 15.2 Å². The highest BCUT2D eigenvalue weighted by atomic mass is 32.2. The van der Waals surface area contributed by atoms with Crippen molar-refractivity contribution in [2.45, 2.75) is 38.5 Å². The number of β-lactam (4-membered cyclic amide) rings is 1. The third kappa shape index (κ3) is 5.53. The minimum absolute atomic E-state index is 0.0512. The summed E-state index contributed by atoms with van der Waals surface area (Å²) in [4.78, 5) is 56.3. The van der Waals surface area contributed by atoms with Crippen LogP contribution in [0.25, 0.3) is 6.08 Å². The van der Waals surface area contributed by atoms with Gasteiger partial charge >= 0.3 is 11.9 Å². The number of thioether (sulfide) groups is 1. The lowest BCUT2D eigenvalue weighted by Crippen LogP contribution is -2.71. The first kappa shape index (κ1) is 27.2. The molecule has 0 spiro atoms. The lowest BCUT2D eigenvalue weighted by Gasteiger charge is -2.49. The van der Waals surface area contributed by atoms with Crippen LogP contribution in [0.2, 0.25) is 0 Å². The summed E-state index contributed by atoms with van der Waals surface area (Å²) in [5, 5.41) is 19.8. The number of carbonyl (C=O) groups is 4. The fraction of sp³-hybridized carbons (Fsp3) is 0.333. The Balaban J connectivity index is 1.58. The van der Waals surface area contributed by atoms with Crippen LogP contribution >= 0.6 is 34.6 Å². The van der Waals surface area contributed by atoms with Gasteiger partial charge in [-0.3, -0.25) is 19.3 Å². The number of allylic oxidation sites excluding steroid dienone is 1. The van der Waals surface area contributed by atoms with Crippen molar-refractivity contribution in [3.05, 3.63) is 39.0 Å². The molecule has 4 heterocycles. The number of hydrogen-bond acceptors (Lipinski definition) is 15. The van der Waals surface area contributed by atoms with Crippen molar-refractivity contribution >= 4 is 75.3 Å². The number of nitrogens with one attached hydrogen (secondary N) is 1. The molecular formula is C21H21N7O7S3. The van der Waals surface area contributed by atoms with Crippen LogP contribution in [0.15, 0.2) is 27.9 Å². The van der Waals surface area contributed by atoms with Crippen LogP contribution in [0.5, 0.6) is 0 Å². The molecular weight excluding hydrogens is 558 g/mol. The Kier molecular flexibility index (Phi) is 8.08. The van der Waals surface area contributed by atoms with Crippen LogP contribution in [0, 0.1) is 6.92 Å². The molecule has 0 radical (unpaired) electrons. The van der Waals surface area contributed by atoms with Gasteiger partial charge in [0.05, 0.1) is 0 Å². The number of anilines is 1. The number of ether oxygens (including phenoxy) is 2. The number of hydrogen-bond donors (Lipinski definition) is 3. The molecule has 2 aromatic rings. The smallest absolute Gasteiger partial charge is 0.358 e. The number of rotatable bonds is 8. The van der Waals surface area contributed by atoms with Gasteiger partial charge < -0.3 is 25.7 Å². The molecule has 0 aromatic carbocycles. The number of nitrogens with zero attached hydrogens (tertiary/aromatic N) is 5. The molecule has 2 aliphatic rings. The standard InChI is InChI=1S/C21H21N7O7S3/c1-8-12(25-27-38-8)5-4-11-6-36-19-15(24-17(30)14(26-33)13-7-37-21(22)23-13)18(31)28(19)16(11)20(32)35-10(3)34-9(2)29/h4-5,7,10,15,19,33H,6H2,1-3H3,(H2,22,23)(H,24,30)/b5-4-,26-14-/t10?,15?,19-/m1/s1. The maximum atomic E-state index is 13.2. The number of carbonyl (C=O) groups excluding carboxylic acids is 4. The van der Waals surface area contributed by atoms with E-state index in [0.717, 1.165) is 16.2 Å². The SMILES string of the molecule is CC(=O)OC(C)OC(=O)C1=C(/C=C\c2nnsc2C)CS[C@@H]2C(NC(=O)/C(=N\O)c3csc(N)n3)C(=O)N12. The summed E-state index contributed by atoms with van der Waals surface area (Å²) in [6.07, 6.45) is 2.12. The lowest BCUT2D eigenvalue weighted by molar-refractivity contribution is -0.182. The van der Waals surface area contributed by atoms with E-state index in [-0.39, 0.29) is 22.3 Å². The number of fused-ring (bicyclic) bond motifs is 1. The molecule has 2 aromatic heterocycles. The zero-order chi connectivity index (χ0) is 27.6. The largest absolute Gasteiger partial charge is 0.426 e. The summed E-state index contributed by atoms with van der Waals surface area (Å²) in [5.74, 6) is -2.68. The number of esters is 2. The first-order chi connectivity index (χ1) is 18.1. The summed E-state index contributed by atoms with van der Waals surface area (Å²) < 4.78 is 14.0. The normalized spacial score (nSPS) is 20.1. The second kappa shape index (κ2) is 11.3. The Morgan fingerprint density at radius 2 is 2.11 bits per heavy atom. The number of oxime groups is 1. The van der Waals surface area contributed by atoms with Crippen molar-refractivity contribution in [3.63, 3.8) is 0 Å². The minimum atomic E-state index is -1.20. The predicted molar refractivity (Wildman–Crippen MR) is 138 cm³/mol. The van der Waals surface area contributed by atoms with E-state index in [1.165, 1.54) is 47.4 Å². The van der Waals surface area contributed by atoms with E-state index < -0.39 is 47.2 Å². The van der Waals surface area contributed by atoms with Crippen LogP contribution in [-0.4, -0.2) is 77.6 Å². The fourth-order valence-corrected chi connectivity index (χ4v) is 5.94. The highest BCUT2D eigenvalue weighted by Crippen LogP contribution is 2.41. The van der Waals surface area contributed by atoms with Gasteiger partial charge in [-0.1, -0.05) is 15.7 Å². The lowest BCUT2D eigenvalue weighted by atomic mass is 10.0. The van der Waals surface area contributed by atoms with E-state index in [1.54, 1.807) is 12.2 Å². The second-order valence-corrected chi connectivity index (χ2v) is 10.8. The summed E-state index contributed by atoms with van der Waals surface area (Å²) in [7, 11) is 0. The first-order valence-corrected chi connectivity index (χ1v) is 13.6. The minimum Gasteiger partial charge on any atom is -0.426 e. The van der Waals surface area contributed by atoms with Crippen molar-refractivity contribution in [2.24, 2.45) is 5.16 Å². The molecule has 14 nitrogen and oxygen atoms in total. The zero-order valence-corrected chi connectivity index (χ0v) is 22.6. The van der Waals surface area contributed by atoms with Gasteiger partial charge in [0, 0.05) is 29.9 Å². The van der Waals surface area contributed by atoms with E-state index in [2.05, 4.69) is 25.0 Å². The van der Waals surface area contributed by atoms with Crippen molar-refractivity contribution in [2.75, 3.05) is 11.5 Å². The third-order valence-electron chi connectivity index (χ3n) is 5.29. The summed E-state index contributed by atoms with van der Waals surface area (Å²) >= 11 is 3.57. The van der Waals surface area contributed by atoms with Crippen molar-refractivity contribution in [1.29, 1.82) is 0 Å². The molecule has 17 heteroatoms. The monoisotopic (exact) mass is 579 g/mol. The molecule has 2 amide bonds. The average Bonchev–Trinajstić information content (AvgIpc) is 3.47. The molecule has 3 atom stereocenters. The molecule has 4 rings (SSSR count). The van der Waals surface area contributed by atoms with E-state index >= 15 is 0 Å². The van der Waals surface area contributed by atoms with Crippen molar-refractivity contribution < 1.29 is 33.9 Å². The Hall–Kier alpha value is -3.83. The summed E-state index contributed by atoms with van der Waals surface area (Å²) in [5.41, 5.74) is 6.25. The van der Waals surface area contributed by atoms with E-state index in [9.17, 15) is 24.4 Å². The molecule has 200 valence electrons. The molecule has 0 aliphatic carbocycles. The maximum Gasteiger partial charge on any atom is 0.358 e. The molecule has 0 bridgehead atoms. The number of amides is 2. The molecule has 0 saturated carbocycles. The van der Waals surface area contributed by atoms with Gasteiger partial charge in [-0.25, -0.2) is 9.78 Å². The highest BCUT2D eigenvalue weighted by molar-refractivity contribution is 8.00. The number of aromatic nitrogens is 3. The second-order valence-electron chi connectivity index (χ2n) is 7.88. The molecule has 38 heavy (non-hydrogen) atoms. The third-order valence-corrected chi connectivity index (χ3v) is 7.91. The maximum absolute atomic E-state index is 13.2. The van der Waals surface area contributed by atoms with Crippen LogP contribution < -0.4 is 11.1 Å². The quantitative estimate of drug-likeness (QED) is 0.0997. The highest BCUT2D eigenvalue weighted by Gasteiger charge is 2.54. The van der Waals surface area contributed by atoms with Gasteiger partial charge in [-0.2, -0.15) is 0 Å². The topological polar surface area (TPSA) is 199 Å². The number of nitrogens with two attached hydrogens (primary N) is 1. The molecule has 1 saturated heterocycles. The number of nitrogen functional groups attached to an aromatic ring is 1. The number of aryl methyl sites for hydroxylation is 1. The van der Waals surface area contributed by atoms with E-state index in [0.29, 0.717) is 11.3 Å². The Morgan fingerprint density at radius 1 is 1.34 bits per heavy atom. The number of thiazole rings is 1. The van der Waals surface area contributed by atoms with Crippen LogP contribution in [0.4, 0.5) is 5.13 Å². The van der Waals surface area contributed by atoms with Gasteiger partial charge in [0.15, 0.2) is 10.8 Å². The average molecular weight is 580 g/mol. The van der Waals surface area contributed by atoms with Crippen LogP contribution in [0.3, 0.4) is 0 Å². The van der Waals surface area contributed by atoms with Gasteiger partial charge in [0.1, 0.15) is 28.5 Å². The van der Waals surface area contributed by atoms with Crippen molar-refractivity contribution in [3.8, 4) is 0 Å². The molecule has 2 aliphatic heterocycles. The Labute approximate surface area is 227 Å². The summed E-state index contributed by atoms with van der Waals surface area (Å²) in [6.45, 7) is 4.39. The summed E-state index contributed by atoms with van der Waals surface area (Å²) in [6, 6.07) is -1.02.